The summed E-state index contributed by atoms with van der Waals surface area (Å²) in [4.78, 5) is 11.7. The summed E-state index contributed by atoms with van der Waals surface area (Å²) < 4.78 is 1.93. The fourth-order valence-corrected chi connectivity index (χ4v) is 1.93. The number of pyridine rings is 1. The Labute approximate surface area is 112 Å². The molecule has 0 spiro atoms. The number of hydrogen-bond donors (Lipinski definition) is 2. The van der Waals surface area contributed by atoms with Gasteiger partial charge in [0.05, 0.1) is 0 Å². The minimum Gasteiger partial charge on any atom is -0.355 e. The monoisotopic (exact) mass is 261 g/mol. The van der Waals surface area contributed by atoms with E-state index in [-0.39, 0.29) is 11.8 Å². The van der Waals surface area contributed by atoms with E-state index in [0.29, 0.717) is 19.5 Å². The summed E-state index contributed by atoms with van der Waals surface area (Å²) >= 11 is 0. The lowest BCUT2D eigenvalue weighted by atomic mass is 10.1. The first-order chi connectivity index (χ1) is 9.22. The van der Waals surface area contributed by atoms with Crippen LogP contribution in [0.15, 0.2) is 24.4 Å². The lowest BCUT2D eigenvalue weighted by Crippen LogP contribution is -2.35. The van der Waals surface area contributed by atoms with Crippen LogP contribution in [0, 0.1) is 5.92 Å². The third-order valence-electron chi connectivity index (χ3n) is 2.99. The highest BCUT2D eigenvalue weighted by Crippen LogP contribution is 2.03. The molecule has 2 rings (SSSR count). The van der Waals surface area contributed by atoms with Crippen LogP contribution in [0.3, 0.4) is 0 Å². The Hall–Kier alpha value is -1.95. The average molecular weight is 261 g/mol. The molecule has 0 aromatic carbocycles. The topological polar surface area (TPSA) is 71.3 Å². The predicted molar refractivity (Wildman–Crippen MR) is 72.8 cm³/mol. The molecule has 1 amide bonds. The molecule has 0 saturated heterocycles. The zero-order valence-electron chi connectivity index (χ0n) is 11.3. The average Bonchev–Trinajstić information content (AvgIpc) is 2.82. The van der Waals surface area contributed by atoms with Crippen LogP contribution in [0.5, 0.6) is 0 Å². The maximum absolute atomic E-state index is 11.7. The predicted octanol–water partition coefficient (Wildman–Crippen LogP) is 0.244. The summed E-state index contributed by atoms with van der Waals surface area (Å²) in [6, 6.07) is 5.77. The van der Waals surface area contributed by atoms with E-state index >= 15 is 0 Å². The number of aromatic nitrogens is 3. The maximum atomic E-state index is 11.7. The molecule has 19 heavy (non-hydrogen) atoms. The molecule has 0 saturated carbocycles. The highest BCUT2D eigenvalue weighted by molar-refractivity contribution is 5.78. The van der Waals surface area contributed by atoms with Crippen molar-refractivity contribution in [3.05, 3.63) is 30.2 Å². The molecular weight excluding hydrogens is 242 g/mol. The molecule has 6 heteroatoms. The summed E-state index contributed by atoms with van der Waals surface area (Å²) in [5.74, 6) is 0.889. The molecule has 102 valence electrons. The fourth-order valence-electron chi connectivity index (χ4n) is 1.93. The van der Waals surface area contributed by atoms with Crippen LogP contribution >= 0.6 is 0 Å². The van der Waals surface area contributed by atoms with Gasteiger partial charge in [0.2, 0.25) is 5.91 Å². The van der Waals surface area contributed by atoms with Crippen LogP contribution in [0.25, 0.3) is 5.65 Å². The van der Waals surface area contributed by atoms with E-state index in [4.69, 9.17) is 0 Å². The van der Waals surface area contributed by atoms with Crippen molar-refractivity contribution in [3.63, 3.8) is 0 Å². The fraction of sp³-hybridized carbons (Fsp3) is 0.462. The molecule has 0 aliphatic carbocycles. The molecule has 1 atom stereocenters. The molecule has 0 aliphatic rings. The van der Waals surface area contributed by atoms with Gasteiger partial charge < -0.3 is 10.6 Å². The van der Waals surface area contributed by atoms with E-state index in [1.54, 1.807) is 0 Å². The number of nitrogens with one attached hydrogen (secondary N) is 2. The van der Waals surface area contributed by atoms with Gasteiger partial charge in [0, 0.05) is 31.6 Å². The number of amides is 1. The number of nitrogens with zero attached hydrogens (tertiary/aromatic N) is 3. The molecule has 0 aliphatic heterocycles. The Kier molecular flexibility index (Phi) is 4.46. The SMILES string of the molecule is CNCC(C)C(=O)NCCc1nnc2ccccn12. The summed E-state index contributed by atoms with van der Waals surface area (Å²) in [5.41, 5.74) is 0.826. The van der Waals surface area contributed by atoms with E-state index in [0.717, 1.165) is 11.5 Å². The zero-order chi connectivity index (χ0) is 13.7. The second-order valence-corrected chi connectivity index (χ2v) is 4.54. The Bertz CT molecular complexity index is 551. The molecule has 1 unspecified atom stereocenters. The van der Waals surface area contributed by atoms with Crippen LogP contribution in [0.1, 0.15) is 12.7 Å². The number of rotatable bonds is 6. The van der Waals surface area contributed by atoms with Gasteiger partial charge in [-0.15, -0.1) is 10.2 Å². The molecule has 0 bridgehead atoms. The van der Waals surface area contributed by atoms with Gasteiger partial charge in [-0.3, -0.25) is 9.20 Å². The van der Waals surface area contributed by atoms with Gasteiger partial charge in [0.15, 0.2) is 5.65 Å². The third kappa shape index (κ3) is 3.29. The van der Waals surface area contributed by atoms with Crippen molar-refractivity contribution >= 4 is 11.6 Å². The Morgan fingerprint density at radius 1 is 1.42 bits per heavy atom. The van der Waals surface area contributed by atoms with Crippen molar-refractivity contribution < 1.29 is 4.79 Å². The summed E-state index contributed by atoms with van der Waals surface area (Å²) in [5, 5.41) is 14.1. The Balaban J connectivity index is 1.87. The van der Waals surface area contributed by atoms with Gasteiger partial charge in [-0.2, -0.15) is 0 Å². The van der Waals surface area contributed by atoms with Crippen LogP contribution in [-0.4, -0.2) is 40.6 Å². The summed E-state index contributed by atoms with van der Waals surface area (Å²) in [7, 11) is 1.84. The first-order valence-electron chi connectivity index (χ1n) is 6.43. The molecule has 6 nitrogen and oxygen atoms in total. The number of carbonyl (C=O) groups is 1. The highest BCUT2D eigenvalue weighted by Gasteiger charge is 2.11. The van der Waals surface area contributed by atoms with Gasteiger partial charge >= 0.3 is 0 Å². The van der Waals surface area contributed by atoms with Gasteiger partial charge in [-0.05, 0) is 19.2 Å². The van der Waals surface area contributed by atoms with Crippen LogP contribution in [0.2, 0.25) is 0 Å². The molecule has 2 N–H and O–H groups in total. The van der Waals surface area contributed by atoms with Gasteiger partial charge in [-0.25, -0.2) is 0 Å². The number of hydrogen-bond acceptors (Lipinski definition) is 4. The first kappa shape index (κ1) is 13.5. The summed E-state index contributed by atoms with van der Waals surface area (Å²) in [6.07, 6.45) is 2.60. The van der Waals surface area contributed by atoms with Crippen molar-refractivity contribution in [2.75, 3.05) is 20.1 Å². The van der Waals surface area contributed by atoms with E-state index in [2.05, 4.69) is 20.8 Å². The largest absolute Gasteiger partial charge is 0.355 e. The van der Waals surface area contributed by atoms with Crippen molar-refractivity contribution in [1.29, 1.82) is 0 Å². The van der Waals surface area contributed by atoms with E-state index in [9.17, 15) is 4.79 Å². The minimum absolute atomic E-state index is 0.0276. The first-order valence-corrected chi connectivity index (χ1v) is 6.43. The molecule has 2 aromatic rings. The second-order valence-electron chi connectivity index (χ2n) is 4.54. The zero-order valence-corrected chi connectivity index (χ0v) is 11.3. The number of fused-ring (bicyclic) bond motifs is 1. The van der Waals surface area contributed by atoms with Gasteiger partial charge in [-0.1, -0.05) is 13.0 Å². The van der Waals surface area contributed by atoms with Crippen molar-refractivity contribution in [3.8, 4) is 0 Å². The molecule has 2 heterocycles. The van der Waals surface area contributed by atoms with E-state index < -0.39 is 0 Å². The lowest BCUT2D eigenvalue weighted by molar-refractivity contribution is -0.124. The van der Waals surface area contributed by atoms with E-state index in [1.165, 1.54) is 0 Å². The van der Waals surface area contributed by atoms with Crippen LogP contribution in [-0.2, 0) is 11.2 Å². The summed E-state index contributed by atoms with van der Waals surface area (Å²) in [6.45, 7) is 3.15. The molecule has 0 fully saturated rings. The quantitative estimate of drug-likeness (QED) is 0.781. The third-order valence-corrected chi connectivity index (χ3v) is 2.99. The maximum Gasteiger partial charge on any atom is 0.224 e. The Morgan fingerprint density at radius 3 is 3.05 bits per heavy atom. The van der Waals surface area contributed by atoms with Crippen molar-refractivity contribution in [2.45, 2.75) is 13.3 Å². The molecular formula is C13H19N5O. The molecule has 2 aromatic heterocycles. The van der Waals surface area contributed by atoms with Gasteiger partial charge in [0.1, 0.15) is 5.82 Å². The Morgan fingerprint density at radius 2 is 2.26 bits per heavy atom. The minimum atomic E-state index is -0.0276. The lowest BCUT2D eigenvalue weighted by Gasteiger charge is -2.10. The van der Waals surface area contributed by atoms with Gasteiger partial charge in [0.25, 0.3) is 0 Å². The van der Waals surface area contributed by atoms with Crippen molar-refractivity contribution in [2.24, 2.45) is 5.92 Å². The van der Waals surface area contributed by atoms with E-state index in [1.807, 2.05) is 42.8 Å². The molecule has 0 radical (unpaired) electrons. The van der Waals surface area contributed by atoms with Crippen molar-refractivity contribution in [1.82, 2.24) is 25.2 Å². The number of carbonyl (C=O) groups excluding carboxylic acids is 1. The highest BCUT2D eigenvalue weighted by atomic mass is 16.1. The van der Waals surface area contributed by atoms with Crippen LogP contribution < -0.4 is 10.6 Å². The van der Waals surface area contributed by atoms with Crippen LogP contribution in [0.4, 0.5) is 0 Å². The smallest absolute Gasteiger partial charge is 0.224 e. The standard InChI is InChI=1S/C13H19N5O/c1-10(9-14-2)13(19)15-7-6-12-17-16-11-5-3-4-8-18(11)12/h3-5,8,10,14H,6-7,9H2,1-2H3,(H,15,19). The normalized spacial score (nSPS) is 12.5. The second kappa shape index (κ2) is 6.29.